The zero-order valence-electron chi connectivity index (χ0n) is 11.2. The zero-order chi connectivity index (χ0) is 14.5. The molecule has 1 unspecified atom stereocenters. The monoisotopic (exact) mass is 279 g/mol. The number of hydrogen-bond donors (Lipinski definition) is 2. The van der Waals surface area contributed by atoms with Gasteiger partial charge in [-0.1, -0.05) is 0 Å². The van der Waals surface area contributed by atoms with E-state index in [1.165, 1.54) is 25.2 Å². The summed E-state index contributed by atoms with van der Waals surface area (Å²) in [5.74, 6) is 0.0745. The lowest BCUT2D eigenvalue weighted by Crippen LogP contribution is -2.19. The van der Waals surface area contributed by atoms with E-state index in [4.69, 9.17) is 4.74 Å². The van der Waals surface area contributed by atoms with Gasteiger partial charge in [-0.25, -0.2) is 0 Å². The van der Waals surface area contributed by atoms with E-state index < -0.39 is 4.92 Å². The van der Waals surface area contributed by atoms with Gasteiger partial charge in [0.2, 0.25) is 0 Å². The fourth-order valence-corrected chi connectivity index (χ4v) is 2.12. The van der Waals surface area contributed by atoms with E-state index in [9.17, 15) is 14.9 Å². The van der Waals surface area contributed by atoms with Crippen molar-refractivity contribution in [3.63, 3.8) is 0 Å². The van der Waals surface area contributed by atoms with Gasteiger partial charge in [0.25, 0.3) is 11.6 Å². The molecule has 1 fully saturated rings. The van der Waals surface area contributed by atoms with Gasteiger partial charge in [-0.15, -0.1) is 0 Å². The predicted octanol–water partition coefficient (Wildman–Crippen LogP) is 1.40. The molecule has 7 heteroatoms. The van der Waals surface area contributed by atoms with Gasteiger partial charge in [0.1, 0.15) is 5.69 Å². The molecule has 2 rings (SSSR count). The van der Waals surface area contributed by atoms with E-state index in [0.717, 1.165) is 13.0 Å². The molecule has 20 heavy (non-hydrogen) atoms. The molecule has 108 valence electrons. The number of nitrogens with one attached hydrogen (secondary N) is 2. The molecule has 1 aromatic rings. The summed E-state index contributed by atoms with van der Waals surface area (Å²) < 4.78 is 5.26. The summed E-state index contributed by atoms with van der Waals surface area (Å²) in [6.45, 7) is 1.99. The summed E-state index contributed by atoms with van der Waals surface area (Å²) in [5.41, 5.74) is 0.725. The van der Waals surface area contributed by atoms with Gasteiger partial charge >= 0.3 is 0 Å². The largest absolute Gasteiger partial charge is 0.381 e. The number of carbonyl (C=O) groups excluding carboxylic acids is 1. The minimum Gasteiger partial charge on any atom is -0.381 e. The molecule has 1 atom stereocenters. The highest BCUT2D eigenvalue weighted by Gasteiger charge is 2.19. The van der Waals surface area contributed by atoms with Crippen LogP contribution in [0.4, 0.5) is 11.4 Å². The summed E-state index contributed by atoms with van der Waals surface area (Å²) in [5, 5.41) is 16.6. The molecule has 0 saturated carbocycles. The van der Waals surface area contributed by atoms with Gasteiger partial charge in [-0.05, 0) is 18.6 Å². The van der Waals surface area contributed by atoms with E-state index >= 15 is 0 Å². The van der Waals surface area contributed by atoms with Crippen molar-refractivity contribution in [1.82, 2.24) is 5.32 Å². The topological polar surface area (TPSA) is 93.5 Å². The van der Waals surface area contributed by atoms with E-state index in [1.807, 2.05) is 0 Å². The van der Waals surface area contributed by atoms with Crippen LogP contribution < -0.4 is 10.6 Å². The van der Waals surface area contributed by atoms with Crippen LogP contribution in [-0.2, 0) is 4.74 Å². The van der Waals surface area contributed by atoms with Crippen molar-refractivity contribution in [3.05, 3.63) is 33.9 Å². The Morgan fingerprint density at radius 1 is 1.55 bits per heavy atom. The average molecular weight is 279 g/mol. The second kappa shape index (κ2) is 6.33. The summed E-state index contributed by atoms with van der Waals surface area (Å²) in [4.78, 5) is 22.1. The summed E-state index contributed by atoms with van der Waals surface area (Å²) >= 11 is 0. The summed E-state index contributed by atoms with van der Waals surface area (Å²) in [6.07, 6.45) is 0.940. The predicted molar refractivity (Wildman–Crippen MR) is 73.9 cm³/mol. The Kier molecular flexibility index (Phi) is 4.52. The molecule has 1 aliphatic heterocycles. The molecule has 1 aromatic carbocycles. The van der Waals surface area contributed by atoms with Crippen LogP contribution in [-0.4, -0.2) is 37.6 Å². The molecule has 0 aromatic heterocycles. The maximum atomic E-state index is 11.6. The number of anilines is 1. The van der Waals surface area contributed by atoms with E-state index in [2.05, 4.69) is 10.6 Å². The van der Waals surface area contributed by atoms with Crippen LogP contribution in [0.1, 0.15) is 16.8 Å². The lowest BCUT2D eigenvalue weighted by atomic mass is 10.1. The minimum absolute atomic E-state index is 0.0310. The zero-order valence-corrected chi connectivity index (χ0v) is 11.2. The maximum Gasteiger partial charge on any atom is 0.292 e. The van der Waals surface area contributed by atoms with E-state index in [1.54, 1.807) is 0 Å². The molecule has 0 radical (unpaired) electrons. The van der Waals surface area contributed by atoms with Crippen molar-refractivity contribution in [2.45, 2.75) is 6.42 Å². The first-order valence-electron chi connectivity index (χ1n) is 6.44. The van der Waals surface area contributed by atoms with Crippen molar-refractivity contribution in [1.29, 1.82) is 0 Å². The molecule has 0 bridgehead atoms. The van der Waals surface area contributed by atoms with Crippen LogP contribution in [0.3, 0.4) is 0 Å². The SMILES string of the molecule is CNC(=O)c1ccc([N+](=O)[O-])c(NCC2CCOC2)c1. The minimum atomic E-state index is -0.457. The van der Waals surface area contributed by atoms with Crippen LogP contribution in [0.5, 0.6) is 0 Å². The Labute approximate surface area is 116 Å². The van der Waals surface area contributed by atoms with Crippen molar-refractivity contribution in [2.24, 2.45) is 5.92 Å². The number of nitrogens with zero attached hydrogens (tertiary/aromatic N) is 1. The van der Waals surface area contributed by atoms with Gasteiger partial charge in [-0.2, -0.15) is 0 Å². The maximum absolute atomic E-state index is 11.6. The van der Waals surface area contributed by atoms with Crippen LogP contribution in [0.25, 0.3) is 0 Å². The van der Waals surface area contributed by atoms with Crippen molar-refractivity contribution >= 4 is 17.3 Å². The number of hydrogen-bond acceptors (Lipinski definition) is 5. The summed E-state index contributed by atoms with van der Waals surface area (Å²) in [7, 11) is 1.52. The lowest BCUT2D eigenvalue weighted by Gasteiger charge is -2.12. The molecular formula is C13H17N3O4. The summed E-state index contributed by atoms with van der Waals surface area (Å²) in [6, 6.07) is 4.30. The number of rotatable bonds is 5. The first-order chi connectivity index (χ1) is 9.61. The molecule has 7 nitrogen and oxygen atoms in total. The third-order valence-electron chi connectivity index (χ3n) is 3.29. The fourth-order valence-electron chi connectivity index (χ4n) is 2.12. The Bertz CT molecular complexity index is 512. The van der Waals surface area contributed by atoms with Crippen LogP contribution in [0.15, 0.2) is 18.2 Å². The third kappa shape index (κ3) is 3.24. The number of amides is 1. The smallest absolute Gasteiger partial charge is 0.292 e. The molecular weight excluding hydrogens is 262 g/mol. The van der Waals surface area contributed by atoms with Crippen LogP contribution in [0, 0.1) is 16.0 Å². The van der Waals surface area contributed by atoms with Gasteiger partial charge in [0.05, 0.1) is 11.5 Å². The first kappa shape index (κ1) is 14.3. The molecule has 1 aliphatic rings. The standard InChI is InChI=1S/C13H17N3O4/c1-14-13(17)10-2-3-12(16(18)19)11(6-10)15-7-9-4-5-20-8-9/h2-3,6,9,15H,4-5,7-8H2,1H3,(H,14,17). The second-order valence-electron chi connectivity index (χ2n) is 4.68. The number of ether oxygens (including phenoxy) is 1. The Morgan fingerprint density at radius 3 is 2.95 bits per heavy atom. The normalized spacial score (nSPS) is 17.8. The van der Waals surface area contributed by atoms with Crippen LogP contribution in [0.2, 0.25) is 0 Å². The van der Waals surface area contributed by atoms with Crippen molar-refractivity contribution < 1.29 is 14.5 Å². The third-order valence-corrected chi connectivity index (χ3v) is 3.29. The first-order valence-corrected chi connectivity index (χ1v) is 6.44. The van der Waals surface area contributed by atoms with Crippen LogP contribution >= 0.6 is 0 Å². The molecule has 1 heterocycles. The van der Waals surface area contributed by atoms with Crippen molar-refractivity contribution in [2.75, 3.05) is 32.1 Å². The van der Waals surface area contributed by atoms with Gasteiger partial charge in [0, 0.05) is 37.7 Å². The van der Waals surface area contributed by atoms with E-state index in [0.29, 0.717) is 30.3 Å². The van der Waals surface area contributed by atoms with E-state index in [-0.39, 0.29) is 11.6 Å². The average Bonchev–Trinajstić information content (AvgIpc) is 2.97. The highest BCUT2D eigenvalue weighted by Crippen LogP contribution is 2.26. The highest BCUT2D eigenvalue weighted by molar-refractivity contribution is 5.95. The van der Waals surface area contributed by atoms with Crippen molar-refractivity contribution in [3.8, 4) is 0 Å². The number of benzene rings is 1. The Morgan fingerprint density at radius 2 is 2.35 bits per heavy atom. The number of nitro groups is 1. The number of carbonyl (C=O) groups is 1. The second-order valence-corrected chi connectivity index (χ2v) is 4.68. The van der Waals surface area contributed by atoms with Gasteiger partial charge in [-0.3, -0.25) is 14.9 Å². The highest BCUT2D eigenvalue weighted by atomic mass is 16.6. The number of nitro benzene ring substituents is 1. The molecule has 1 amide bonds. The molecule has 1 saturated heterocycles. The Hall–Kier alpha value is -2.15. The fraction of sp³-hybridized carbons (Fsp3) is 0.462. The quantitative estimate of drug-likeness (QED) is 0.627. The molecule has 2 N–H and O–H groups in total. The van der Waals surface area contributed by atoms with Gasteiger partial charge in [0.15, 0.2) is 0 Å². The molecule has 0 spiro atoms. The molecule has 0 aliphatic carbocycles. The van der Waals surface area contributed by atoms with Gasteiger partial charge < -0.3 is 15.4 Å². The Balaban J connectivity index is 2.17. The lowest BCUT2D eigenvalue weighted by molar-refractivity contribution is -0.384.